The summed E-state index contributed by atoms with van der Waals surface area (Å²) in [6.45, 7) is 6.87. The Kier molecular flexibility index (Phi) is 6.06. The Bertz CT molecular complexity index is 385. The van der Waals surface area contributed by atoms with Gasteiger partial charge in [0, 0.05) is 18.6 Å². The van der Waals surface area contributed by atoms with E-state index in [1.165, 1.54) is 49.8 Å². The van der Waals surface area contributed by atoms with Crippen LogP contribution in [0.3, 0.4) is 0 Å². The molecule has 0 spiro atoms. The SMILES string of the molecule is CCCc1ccc(C(C)NCC2CCCCN2C)cc1. The maximum absolute atomic E-state index is 3.71. The van der Waals surface area contributed by atoms with Crippen LogP contribution in [-0.2, 0) is 6.42 Å². The molecule has 1 aromatic carbocycles. The van der Waals surface area contributed by atoms with E-state index in [4.69, 9.17) is 0 Å². The lowest BCUT2D eigenvalue weighted by Gasteiger charge is -2.33. The lowest BCUT2D eigenvalue weighted by molar-refractivity contribution is 0.178. The lowest BCUT2D eigenvalue weighted by atomic mass is 10.0. The molecule has 0 aromatic heterocycles. The van der Waals surface area contributed by atoms with Crippen LogP contribution in [0.2, 0.25) is 0 Å². The van der Waals surface area contributed by atoms with Gasteiger partial charge in [-0.3, -0.25) is 0 Å². The summed E-state index contributed by atoms with van der Waals surface area (Å²) < 4.78 is 0. The fourth-order valence-electron chi connectivity index (χ4n) is 3.09. The number of hydrogen-bond donors (Lipinski definition) is 1. The maximum Gasteiger partial charge on any atom is 0.0292 e. The highest BCUT2D eigenvalue weighted by Gasteiger charge is 2.19. The van der Waals surface area contributed by atoms with Gasteiger partial charge in [0.1, 0.15) is 0 Å². The third-order valence-corrected chi connectivity index (χ3v) is 4.60. The summed E-state index contributed by atoms with van der Waals surface area (Å²) in [4.78, 5) is 2.51. The molecule has 0 saturated carbocycles. The molecule has 2 unspecified atom stereocenters. The van der Waals surface area contributed by atoms with Crippen molar-refractivity contribution in [2.75, 3.05) is 20.1 Å². The van der Waals surface area contributed by atoms with Crippen LogP contribution in [0.15, 0.2) is 24.3 Å². The van der Waals surface area contributed by atoms with E-state index in [0.717, 1.165) is 6.54 Å². The zero-order valence-corrected chi connectivity index (χ0v) is 13.4. The largest absolute Gasteiger partial charge is 0.309 e. The molecule has 20 heavy (non-hydrogen) atoms. The standard InChI is InChI=1S/C18H30N2/c1-4-7-16-9-11-17(12-10-16)15(2)19-14-18-8-5-6-13-20(18)3/h9-12,15,18-19H,4-8,13-14H2,1-3H3. The second kappa shape index (κ2) is 7.80. The summed E-state index contributed by atoms with van der Waals surface area (Å²) >= 11 is 0. The number of likely N-dealkylation sites (tertiary alicyclic amines) is 1. The second-order valence-electron chi connectivity index (χ2n) is 6.25. The van der Waals surface area contributed by atoms with Crippen LogP contribution < -0.4 is 5.32 Å². The quantitative estimate of drug-likeness (QED) is 0.849. The summed E-state index contributed by atoms with van der Waals surface area (Å²) in [5.74, 6) is 0. The first kappa shape index (κ1) is 15.5. The molecule has 0 bridgehead atoms. The number of likely N-dealkylation sites (N-methyl/N-ethyl adjacent to an activating group) is 1. The molecule has 1 N–H and O–H groups in total. The van der Waals surface area contributed by atoms with Gasteiger partial charge >= 0.3 is 0 Å². The predicted octanol–water partition coefficient (Wildman–Crippen LogP) is 3.77. The first-order valence-electron chi connectivity index (χ1n) is 8.23. The molecule has 2 atom stereocenters. The molecule has 0 radical (unpaired) electrons. The minimum absolute atomic E-state index is 0.445. The summed E-state index contributed by atoms with van der Waals surface area (Å²) in [6.07, 6.45) is 6.50. The average Bonchev–Trinajstić information content (AvgIpc) is 2.47. The molecule has 2 rings (SSSR count). The molecule has 1 fully saturated rings. The van der Waals surface area contributed by atoms with Crippen molar-refractivity contribution >= 4 is 0 Å². The molecule has 2 heteroatoms. The molecule has 0 aliphatic carbocycles. The Balaban J connectivity index is 1.83. The van der Waals surface area contributed by atoms with Crippen molar-refractivity contribution in [3.05, 3.63) is 35.4 Å². The number of rotatable bonds is 6. The number of hydrogen-bond acceptors (Lipinski definition) is 2. The van der Waals surface area contributed by atoms with E-state index in [2.05, 4.69) is 55.4 Å². The zero-order valence-electron chi connectivity index (χ0n) is 13.4. The average molecular weight is 274 g/mol. The van der Waals surface area contributed by atoms with Crippen molar-refractivity contribution < 1.29 is 0 Å². The number of nitrogens with zero attached hydrogens (tertiary/aromatic N) is 1. The van der Waals surface area contributed by atoms with Crippen molar-refractivity contribution in [1.29, 1.82) is 0 Å². The van der Waals surface area contributed by atoms with Gasteiger partial charge in [0.15, 0.2) is 0 Å². The van der Waals surface area contributed by atoms with Gasteiger partial charge in [0.2, 0.25) is 0 Å². The van der Waals surface area contributed by atoms with E-state index < -0.39 is 0 Å². The van der Waals surface area contributed by atoms with Crippen LogP contribution >= 0.6 is 0 Å². The van der Waals surface area contributed by atoms with Crippen molar-refractivity contribution in [1.82, 2.24) is 10.2 Å². The summed E-state index contributed by atoms with van der Waals surface area (Å²) in [5, 5.41) is 3.71. The Labute approximate surface area is 124 Å². The van der Waals surface area contributed by atoms with Crippen LogP contribution in [0, 0.1) is 0 Å². The van der Waals surface area contributed by atoms with E-state index in [1.54, 1.807) is 0 Å². The van der Waals surface area contributed by atoms with Gasteiger partial charge in [-0.2, -0.15) is 0 Å². The highest BCUT2D eigenvalue weighted by molar-refractivity contribution is 5.24. The van der Waals surface area contributed by atoms with E-state index in [9.17, 15) is 0 Å². The minimum atomic E-state index is 0.445. The molecular formula is C18H30N2. The molecule has 1 aromatic rings. The first-order valence-corrected chi connectivity index (χ1v) is 8.23. The predicted molar refractivity (Wildman–Crippen MR) is 87.1 cm³/mol. The van der Waals surface area contributed by atoms with Crippen LogP contribution in [0.25, 0.3) is 0 Å². The molecule has 112 valence electrons. The fraction of sp³-hybridized carbons (Fsp3) is 0.667. The molecule has 2 nitrogen and oxygen atoms in total. The van der Waals surface area contributed by atoms with Crippen molar-refractivity contribution in [2.45, 2.75) is 58.0 Å². The molecule has 1 saturated heterocycles. The summed E-state index contributed by atoms with van der Waals surface area (Å²) in [6, 6.07) is 10.3. The molecule has 1 aliphatic heterocycles. The van der Waals surface area contributed by atoms with Gasteiger partial charge in [0.25, 0.3) is 0 Å². The van der Waals surface area contributed by atoms with Gasteiger partial charge < -0.3 is 10.2 Å². The van der Waals surface area contributed by atoms with Crippen molar-refractivity contribution in [3.63, 3.8) is 0 Å². The first-order chi connectivity index (χ1) is 9.70. The Hall–Kier alpha value is -0.860. The number of aryl methyl sites for hydroxylation is 1. The normalized spacial score (nSPS) is 21.9. The number of nitrogens with one attached hydrogen (secondary N) is 1. The van der Waals surface area contributed by atoms with Crippen molar-refractivity contribution in [2.24, 2.45) is 0 Å². The second-order valence-corrected chi connectivity index (χ2v) is 6.25. The van der Waals surface area contributed by atoms with E-state index in [0.29, 0.717) is 12.1 Å². The van der Waals surface area contributed by atoms with Gasteiger partial charge in [-0.1, -0.05) is 44.0 Å². The van der Waals surface area contributed by atoms with Crippen LogP contribution in [0.1, 0.15) is 56.7 Å². The lowest BCUT2D eigenvalue weighted by Crippen LogP contribution is -2.43. The van der Waals surface area contributed by atoms with E-state index in [1.807, 2.05) is 0 Å². The minimum Gasteiger partial charge on any atom is -0.309 e. The zero-order chi connectivity index (χ0) is 14.4. The number of benzene rings is 1. The molecule has 1 heterocycles. The molecule has 0 amide bonds. The number of piperidine rings is 1. The maximum atomic E-state index is 3.71. The van der Waals surface area contributed by atoms with Crippen LogP contribution in [0.5, 0.6) is 0 Å². The third-order valence-electron chi connectivity index (χ3n) is 4.60. The Morgan fingerprint density at radius 2 is 2.00 bits per heavy atom. The fourth-order valence-corrected chi connectivity index (χ4v) is 3.09. The summed E-state index contributed by atoms with van der Waals surface area (Å²) in [5.41, 5.74) is 2.86. The van der Waals surface area contributed by atoms with Gasteiger partial charge in [-0.05, 0) is 50.9 Å². The van der Waals surface area contributed by atoms with E-state index >= 15 is 0 Å². The monoisotopic (exact) mass is 274 g/mol. The smallest absolute Gasteiger partial charge is 0.0292 e. The molecule has 1 aliphatic rings. The van der Waals surface area contributed by atoms with Gasteiger partial charge in [0.05, 0.1) is 0 Å². The highest BCUT2D eigenvalue weighted by Crippen LogP contribution is 2.17. The van der Waals surface area contributed by atoms with Crippen molar-refractivity contribution in [3.8, 4) is 0 Å². The Morgan fingerprint density at radius 1 is 1.25 bits per heavy atom. The van der Waals surface area contributed by atoms with Gasteiger partial charge in [-0.15, -0.1) is 0 Å². The Morgan fingerprint density at radius 3 is 2.65 bits per heavy atom. The van der Waals surface area contributed by atoms with Gasteiger partial charge in [-0.25, -0.2) is 0 Å². The van der Waals surface area contributed by atoms with Crippen LogP contribution in [-0.4, -0.2) is 31.1 Å². The third kappa shape index (κ3) is 4.32. The topological polar surface area (TPSA) is 15.3 Å². The summed E-state index contributed by atoms with van der Waals surface area (Å²) in [7, 11) is 2.26. The highest BCUT2D eigenvalue weighted by atomic mass is 15.2. The molecular weight excluding hydrogens is 244 g/mol. The van der Waals surface area contributed by atoms with E-state index in [-0.39, 0.29) is 0 Å². The van der Waals surface area contributed by atoms with Crippen LogP contribution in [0.4, 0.5) is 0 Å².